The second-order valence-electron chi connectivity index (χ2n) is 10.3. The molecule has 40 heavy (non-hydrogen) atoms. The van der Waals surface area contributed by atoms with E-state index in [0.717, 1.165) is 24.0 Å². The van der Waals surface area contributed by atoms with Gasteiger partial charge in [-0.2, -0.15) is 8.42 Å². The predicted octanol–water partition coefficient (Wildman–Crippen LogP) is 7.98. The van der Waals surface area contributed by atoms with E-state index in [1.165, 1.54) is 89.2 Å². The van der Waals surface area contributed by atoms with Crippen LogP contribution in [-0.4, -0.2) is 31.6 Å². The lowest BCUT2D eigenvalue weighted by Crippen LogP contribution is -2.34. The zero-order valence-electron chi connectivity index (χ0n) is 24.9. The summed E-state index contributed by atoms with van der Waals surface area (Å²) in [5, 5.41) is 0. The SMILES string of the molecule is CCCCCCCCCCCCCCCCOC(=O)[C@@H](N)Cc1ccccc1.Cc1ccc(S(=O)(=O)O)cc1.N. The Hall–Kier alpha value is -2.26. The third-order valence-electron chi connectivity index (χ3n) is 6.66. The van der Waals surface area contributed by atoms with Crippen LogP contribution in [0.2, 0.25) is 0 Å². The van der Waals surface area contributed by atoms with Crippen molar-refractivity contribution in [3.63, 3.8) is 0 Å². The molecule has 0 aliphatic carbocycles. The summed E-state index contributed by atoms with van der Waals surface area (Å²) in [6, 6.07) is 15.3. The number of hydrogen-bond donors (Lipinski definition) is 3. The number of carbonyl (C=O) groups is 1. The number of nitrogens with two attached hydrogens (primary N) is 1. The molecule has 2 rings (SSSR count). The van der Waals surface area contributed by atoms with Crippen molar-refractivity contribution in [2.75, 3.05) is 6.61 Å². The molecule has 2 aromatic carbocycles. The van der Waals surface area contributed by atoms with Crippen LogP contribution in [0.4, 0.5) is 0 Å². The van der Waals surface area contributed by atoms with Gasteiger partial charge in [0.2, 0.25) is 0 Å². The van der Waals surface area contributed by atoms with E-state index in [1.54, 1.807) is 12.1 Å². The lowest BCUT2D eigenvalue weighted by molar-refractivity contribution is -0.145. The van der Waals surface area contributed by atoms with Gasteiger partial charge in [-0.3, -0.25) is 9.35 Å². The van der Waals surface area contributed by atoms with E-state index in [2.05, 4.69) is 6.92 Å². The molecule has 2 aromatic rings. The standard InChI is InChI=1S/C25H43NO2.C7H8O3S.H3N/c1-2-3-4-5-6-7-8-9-10-11-12-13-14-18-21-28-25(27)24(26)22-23-19-16-15-17-20-23;1-6-2-4-7(5-3-6)11(8,9)10;/h15-17,19-20,24H,2-14,18,21-22,26H2,1H3;2-5H,1H3,(H,8,9,10);1H3/t24-;;/m0../s1. The molecule has 0 aliphatic heterocycles. The summed E-state index contributed by atoms with van der Waals surface area (Å²) < 4.78 is 34.9. The summed E-state index contributed by atoms with van der Waals surface area (Å²) in [4.78, 5) is 11.9. The van der Waals surface area contributed by atoms with Crippen molar-refractivity contribution in [1.29, 1.82) is 0 Å². The summed E-state index contributed by atoms with van der Waals surface area (Å²) in [5.74, 6) is -0.279. The third-order valence-corrected chi connectivity index (χ3v) is 7.53. The molecular formula is C32H54N2O5S. The smallest absolute Gasteiger partial charge is 0.323 e. The molecule has 0 bridgehead atoms. The van der Waals surface area contributed by atoms with E-state index >= 15 is 0 Å². The zero-order valence-corrected chi connectivity index (χ0v) is 25.7. The Balaban J connectivity index is 0.00000106. The maximum absolute atomic E-state index is 11.9. The Morgan fingerprint density at radius 1 is 0.775 bits per heavy atom. The normalized spacial score (nSPS) is 11.6. The van der Waals surface area contributed by atoms with Crippen molar-refractivity contribution in [2.24, 2.45) is 5.73 Å². The Labute approximate surface area is 243 Å². The Morgan fingerprint density at radius 2 is 1.23 bits per heavy atom. The number of hydrogen-bond acceptors (Lipinski definition) is 6. The lowest BCUT2D eigenvalue weighted by Gasteiger charge is -2.11. The van der Waals surface area contributed by atoms with Gasteiger partial charge in [0, 0.05) is 0 Å². The van der Waals surface area contributed by atoms with Crippen LogP contribution >= 0.6 is 0 Å². The Kier molecular flexibility index (Phi) is 22.1. The molecular weight excluding hydrogens is 524 g/mol. The van der Waals surface area contributed by atoms with Gasteiger partial charge < -0.3 is 16.6 Å². The van der Waals surface area contributed by atoms with Crippen LogP contribution in [0.3, 0.4) is 0 Å². The molecule has 0 radical (unpaired) electrons. The fourth-order valence-corrected chi connectivity index (χ4v) is 4.72. The van der Waals surface area contributed by atoms with Crippen molar-refractivity contribution >= 4 is 16.1 Å². The van der Waals surface area contributed by atoms with E-state index in [9.17, 15) is 13.2 Å². The topological polar surface area (TPSA) is 142 Å². The number of ether oxygens (including phenoxy) is 1. The number of carbonyl (C=O) groups excluding carboxylic acids is 1. The first-order chi connectivity index (χ1) is 18.7. The molecule has 0 saturated heterocycles. The molecule has 0 saturated carbocycles. The highest BCUT2D eigenvalue weighted by atomic mass is 32.2. The number of rotatable bonds is 19. The van der Waals surface area contributed by atoms with Crippen LogP contribution in [0.25, 0.3) is 0 Å². The van der Waals surface area contributed by atoms with Crippen molar-refractivity contribution in [3.8, 4) is 0 Å². The van der Waals surface area contributed by atoms with Gasteiger partial charge in [-0.05, 0) is 37.5 Å². The molecule has 0 aromatic heterocycles. The highest BCUT2D eigenvalue weighted by Gasteiger charge is 2.15. The van der Waals surface area contributed by atoms with Crippen molar-refractivity contribution in [1.82, 2.24) is 6.15 Å². The molecule has 228 valence electrons. The highest BCUT2D eigenvalue weighted by molar-refractivity contribution is 7.85. The van der Waals surface area contributed by atoms with Gasteiger partial charge in [-0.15, -0.1) is 0 Å². The quantitative estimate of drug-likeness (QED) is 0.0871. The monoisotopic (exact) mass is 578 g/mol. The molecule has 1 atom stereocenters. The van der Waals surface area contributed by atoms with Crippen LogP contribution in [0.5, 0.6) is 0 Å². The second kappa shape index (κ2) is 23.4. The molecule has 6 N–H and O–H groups in total. The molecule has 0 spiro atoms. The van der Waals surface area contributed by atoms with Gasteiger partial charge in [0.15, 0.2) is 0 Å². The molecule has 0 aliphatic rings. The molecule has 0 heterocycles. The summed E-state index contributed by atoms with van der Waals surface area (Å²) in [7, 11) is -4.02. The maximum Gasteiger partial charge on any atom is 0.323 e. The molecule has 0 amide bonds. The summed E-state index contributed by atoms with van der Waals surface area (Å²) in [5.41, 5.74) is 7.96. The fourth-order valence-electron chi connectivity index (χ4n) is 4.24. The Morgan fingerprint density at radius 3 is 1.68 bits per heavy atom. The van der Waals surface area contributed by atoms with Crippen LogP contribution in [-0.2, 0) is 26.1 Å². The summed E-state index contributed by atoms with van der Waals surface area (Å²) in [6.45, 7) is 4.61. The maximum atomic E-state index is 11.9. The zero-order chi connectivity index (χ0) is 28.8. The number of unbranched alkanes of at least 4 members (excludes halogenated alkanes) is 13. The first kappa shape index (κ1) is 37.7. The molecule has 0 unspecified atom stereocenters. The van der Waals surface area contributed by atoms with Crippen LogP contribution < -0.4 is 11.9 Å². The minimum atomic E-state index is -4.02. The molecule has 8 heteroatoms. The second-order valence-corrected chi connectivity index (χ2v) is 11.8. The average Bonchev–Trinajstić information content (AvgIpc) is 2.91. The summed E-state index contributed by atoms with van der Waals surface area (Å²) >= 11 is 0. The van der Waals surface area contributed by atoms with Crippen LogP contribution in [0, 0.1) is 6.92 Å². The van der Waals surface area contributed by atoms with E-state index in [4.69, 9.17) is 15.0 Å². The molecule has 7 nitrogen and oxygen atoms in total. The largest absolute Gasteiger partial charge is 0.465 e. The van der Waals surface area contributed by atoms with E-state index in [-0.39, 0.29) is 17.0 Å². The first-order valence-corrected chi connectivity index (χ1v) is 16.2. The van der Waals surface area contributed by atoms with E-state index in [1.807, 2.05) is 37.3 Å². The number of aryl methyl sites for hydroxylation is 1. The highest BCUT2D eigenvalue weighted by Crippen LogP contribution is 2.13. The number of esters is 1. The number of benzene rings is 2. The fraction of sp³-hybridized carbons (Fsp3) is 0.594. The van der Waals surface area contributed by atoms with Crippen molar-refractivity contribution in [2.45, 2.75) is 121 Å². The van der Waals surface area contributed by atoms with Crippen LogP contribution in [0.1, 0.15) is 108 Å². The van der Waals surface area contributed by atoms with Crippen molar-refractivity contribution in [3.05, 3.63) is 65.7 Å². The van der Waals surface area contributed by atoms with Gasteiger partial charge in [0.1, 0.15) is 6.04 Å². The Bertz CT molecular complexity index is 982. The molecule has 0 fully saturated rings. The third kappa shape index (κ3) is 19.7. The lowest BCUT2D eigenvalue weighted by atomic mass is 10.0. The first-order valence-electron chi connectivity index (χ1n) is 14.7. The average molecular weight is 579 g/mol. The van der Waals surface area contributed by atoms with Gasteiger partial charge >= 0.3 is 5.97 Å². The van der Waals surface area contributed by atoms with Gasteiger partial charge in [-0.25, -0.2) is 0 Å². The van der Waals surface area contributed by atoms with Gasteiger partial charge in [0.05, 0.1) is 11.5 Å². The van der Waals surface area contributed by atoms with E-state index < -0.39 is 16.2 Å². The van der Waals surface area contributed by atoms with Gasteiger partial charge in [-0.1, -0.05) is 138 Å². The van der Waals surface area contributed by atoms with Crippen LogP contribution in [0.15, 0.2) is 59.5 Å². The minimum absolute atomic E-state index is 0. The summed E-state index contributed by atoms with van der Waals surface area (Å²) in [6.07, 6.45) is 19.1. The van der Waals surface area contributed by atoms with E-state index in [0.29, 0.717) is 13.0 Å². The van der Waals surface area contributed by atoms with Gasteiger partial charge in [0.25, 0.3) is 10.1 Å². The van der Waals surface area contributed by atoms with Crippen molar-refractivity contribution < 1.29 is 22.5 Å². The minimum Gasteiger partial charge on any atom is -0.465 e. The predicted molar refractivity (Wildman–Crippen MR) is 165 cm³/mol.